The van der Waals surface area contributed by atoms with E-state index in [0.717, 1.165) is 24.2 Å². The fourth-order valence-corrected chi connectivity index (χ4v) is 2.03. The zero-order valence-corrected chi connectivity index (χ0v) is 13.6. The van der Waals surface area contributed by atoms with Crippen molar-refractivity contribution in [1.82, 2.24) is 0 Å². The number of ether oxygens (including phenoxy) is 1. The Kier molecular flexibility index (Phi) is 6.21. The number of aryl methyl sites for hydroxylation is 1. The molecule has 0 saturated carbocycles. The van der Waals surface area contributed by atoms with Gasteiger partial charge in [0.1, 0.15) is 5.75 Å². The molecule has 0 aromatic heterocycles. The van der Waals surface area contributed by atoms with Gasteiger partial charge in [0.2, 0.25) is 5.91 Å². The van der Waals surface area contributed by atoms with Gasteiger partial charge in [0.05, 0.1) is 12.1 Å². The summed E-state index contributed by atoms with van der Waals surface area (Å²) < 4.78 is 5.85. The lowest BCUT2D eigenvalue weighted by atomic mass is 9.96. The molecule has 0 radical (unpaired) electrons. The lowest BCUT2D eigenvalue weighted by Crippen LogP contribution is -2.49. The number of unbranched alkanes of at least 4 members (excludes halogenated alkanes) is 1. The van der Waals surface area contributed by atoms with Crippen LogP contribution in [-0.2, 0) is 4.79 Å². The molecule has 0 aliphatic carbocycles. The van der Waals surface area contributed by atoms with Crippen molar-refractivity contribution in [2.24, 2.45) is 11.5 Å². The molecule has 21 heavy (non-hydrogen) atoms. The van der Waals surface area contributed by atoms with Crippen molar-refractivity contribution in [3.05, 3.63) is 29.3 Å². The van der Waals surface area contributed by atoms with Gasteiger partial charge >= 0.3 is 0 Å². The number of carbonyl (C=O) groups is 1. The Labute approximate surface area is 127 Å². The SMILES string of the molecule is Cc1ccc(C(C)C)cc1OCCCCC(C)(N)C(N)=O. The Morgan fingerprint density at radius 1 is 1.33 bits per heavy atom. The van der Waals surface area contributed by atoms with Crippen LogP contribution >= 0.6 is 0 Å². The minimum atomic E-state index is -0.923. The van der Waals surface area contributed by atoms with E-state index in [9.17, 15) is 4.79 Å². The van der Waals surface area contributed by atoms with E-state index in [1.807, 2.05) is 6.92 Å². The van der Waals surface area contributed by atoms with Gasteiger partial charge in [0.25, 0.3) is 0 Å². The Morgan fingerprint density at radius 2 is 2.00 bits per heavy atom. The summed E-state index contributed by atoms with van der Waals surface area (Å²) in [5.41, 5.74) is 12.6. The number of amides is 1. The summed E-state index contributed by atoms with van der Waals surface area (Å²) in [4.78, 5) is 11.1. The molecule has 0 bridgehead atoms. The molecular formula is C17H28N2O2. The summed E-state index contributed by atoms with van der Waals surface area (Å²) in [6.45, 7) is 8.67. The smallest absolute Gasteiger partial charge is 0.237 e. The maximum atomic E-state index is 11.1. The highest BCUT2D eigenvalue weighted by Gasteiger charge is 2.24. The van der Waals surface area contributed by atoms with Gasteiger partial charge in [-0.2, -0.15) is 0 Å². The number of benzene rings is 1. The molecule has 0 saturated heterocycles. The molecule has 1 aromatic rings. The average molecular weight is 292 g/mol. The Bertz CT molecular complexity index is 482. The standard InChI is InChI=1S/C17H28N2O2/c1-12(2)14-8-7-13(3)15(11-14)21-10-6-5-9-17(4,19)16(18)20/h7-8,11-12H,5-6,9-10,19H2,1-4H3,(H2,18,20). The second-order valence-electron chi connectivity index (χ2n) is 6.27. The molecule has 0 aliphatic rings. The van der Waals surface area contributed by atoms with Crippen LogP contribution in [0.1, 0.15) is 57.1 Å². The summed E-state index contributed by atoms with van der Waals surface area (Å²) in [7, 11) is 0. The van der Waals surface area contributed by atoms with Gasteiger partial charge < -0.3 is 16.2 Å². The summed E-state index contributed by atoms with van der Waals surface area (Å²) in [5, 5.41) is 0. The van der Waals surface area contributed by atoms with Crippen molar-refractivity contribution in [1.29, 1.82) is 0 Å². The van der Waals surface area contributed by atoms with Crippen molar-refractivity contribution >= 4 is 5.91 Å². The Balaban J connectivity index is 2.43. The van der Waals surface area contributed by atoms with Gasteiger partial charge in [-0.05, 0) is 56.2 Å². The molecule has 0 heterocycles. The highest BCUT2D eigenvalue weighted by molar-refractivity contribution is 5.83. The van der Waals surface area contributed by atoms with Crippen molar-refractivity contribution < 1.29 is 9.53 Å². The van der Waals surface area contributed by atoms with Crippen LogP contribution in [0.2, 0.25) is 0 Å². The van der Waals surface area contributed by atoms with Crippen molar-refractivity contribution in [3.8, 4) is 5.75 Å². The Hall–Kier alpha value is -1.55. The number of nitrogens with two attached hydrogens (primary N) is 2. The molecule has 1 atom stereocenters. The molecule has 0 aliphatic heterocycles. The van der Waals surface area contributed by atoms with Crippen LogP contribution in [0.25, 0.3) is 0 Å². The van der Waals surface area contributed by atoms with Gasteiger partial charge in [0, 0.05) is 0 Å². The van der Waals surface area contributed by atoms with Gasteiger partial charge in [-0.3, -0.25) is 4.79 Å². The monoisotopic (exact) mass is 292 g/mol. The van der Waals surface area contributed by atoms with Crippen LogP contribution in [0, 0.1) is 6.92 Å². The minimum absolute atomic E-state index is 0.455. The first-order chi connectivity index (χ1) is 9.74. The summed E-state index contributed by atoms with van der Waals surface area (Å²) in [6.07, 6.45) is 2.25. The van der Waals surface area contributed by atoms with Gasteiger partial charge in [-0.15, -0.1) is 0 Å². The molecule has 4 nitrogen and oxygen atoms in total. The number of carbonyl (C=O) groups excluding carboxylic acids is 1. The molecule has 1 aromatic carbocycles. The van der Waals surface area contributed by atoms with Crippen molar-refractivity contribution in [3.63, 3.8) is 0 Å². The first kappa shape index (κ1) is 17.5. The zero-order chi connectivity index (χ0) is 16.0. The minimum Gasteiger partial charge on any atom is -0.493 e. The first-order valence-corrected chi connectivity index (χ1v) is 7.56. The lowest BCUT2D eigenvalue weighted by molar-refractivity contribution is -0.122. The third kappa shape index (κ3) is 5.38. The second kappa shape index (κ2) is 7.46. The number of rotatable bonds is 8. The molecule has 4 N–H and O–H groups in total. The quantitative estimate of drug-likeness (QED) is 0.723. The molecule has 1 rings (SSSR count). The van der Waals surface area contributed by atoms with Gasteiger partial charge in [-0.25, -0.2) is 0 Å². The van der Waals surface area contributed by atoms with Crippen LogP contribution in [-0.4, -0.2) is 18.1 Å². The predicted molar refractivity (Wildman–Crippen MR) is 86.4 cm³/mol. The summed E-state index contributed by atoms with van der Waals surface area (Å²) >= 11 is 0. The summed E-state index contributed by atoms with van der Waals surface area (Å²) in [6, 6.07) is 6.34. The third-order valence-electron chi connectivity index (χ3n) is 3.79. The van der Waals surface area contributed by atoms with Crippen LogP contribution in [0.4, 0.5) is 0 Å². The fourth-order valence-electron chi connectivity index (χ4n) is 2.03. The van der Waals surface area contributed by atoms with Crippen LogP contribution in [0.3, 0.4) is 0 Å². The number of primary amides is 1. The van der Waals surface area contributed by atoms with E-state index in [4.69, 9.17) is 16.2 Å². The number of hydrogen-bond donors (Lipinski definition) is 2. The Morgan fingerprint density at radius 3 is 2.57 bits per heavy atom. The number of hydrogen-bond acceptors (Lipinski definition) is 3. The molecule has 118 valence electrons. The molecule has 1 unspecified atom stereocenters. The highest BCUT2D eigenvalue weighted by atomic mass is 16.5. The second-order valence-corrected chi connectivity index (χ2v) is 6.27. The first-order valence-electron chi connectivity index (χ1n) is 7.56. The van der Waals surface area contributed by atoms with E-state index in [1.165, 1.54) is 5.56 Å². The summed E-state index contributed by atoms with van der Waals surface area (Å²) in [5.74, 6) is 0.969. The largest absolute Gasteiger partial charge is 0.493 e. The van der Waals surface area contributed by atoms with E-state index >= 15 is 0 Å². The average Bonchev–Trinajstić information content (AvgIpc) is 2.39. The van der Waals surface area contributed by atoms with Crippen molar-refractivity contribution in [2.75, 3.05) is 6.61 Å². The van der Waals surface area contributed by atoms with E-state index in [1.54, 1.807) is 6.92 Å². The maximum Gasteiger partial charge on any atom is 0.237 e. The van der Waals surface area contributed by atoms with E-state index in [-0.39, 0.29) is 0 Å². The molecule has 0 fully saturated rings. The lowest BCUT2D eigenvalue weighted by Gasteiger charge is -2.20. The zero-order valence-electron chi connectivity index (χ0n) is 13.6. The fraction of sp³-hybridized carbons (Fsp3) is 0.588. The van der Waals surface area contributed by atoms with Crippen molar-refractivity contribution in [2.45, 2.75) is 58.4 Å². The van der Waals surface area contributed by atoms with E-state index < -0.39 is 11.4 Å². The maximum absolute atomic E-state index is 11.1. The molecule has 1 amide bonds. The molecular weight excluding hydrogens is 264 g/mol. The molecule has 4 heteroatoms. The highest BCUT2D eigenvalue weighted by Crippen LogP contribution is 2.24. The van der Waals surface area contributed by atoms with Crippen LogP contribution in [0.5, 0.6) is 5.75 Å². The van der Waals surface area contributed by atoms with E-state index in [0.29, 0.717) is 18.9 Å². The molecule has 0 spiro atoms. The van der Waals surface area contributed by atoms with Gasteiger partial charge in [0.15, 0.2) is 0 Å². The third-order valence-corrected chi connectivity index (χ3v) is 3.79. The van der Waals surface area contributed by atoms with E-state index in [2.05, 4.69) is 32.0 Å². The predicted octanol–water partition coefficient (Wildman–Crippen LogP) is 2.87. The van der Waals surface area contributed by atoms with Gasteiger partial charge in [-0.1, -0.05) is 26.0 Å². The normalized spacial score (nSPS) is 14.0. The topological polar surface area (TPSA) is 78.3 Å². The van der Waals surface area contributed by atoms with Crippen LogP contribution in [0.15, 0.2) is 18.2 Å². The van der Waals surface area contributed by atoms with Crippen LogP contribution < -0.4 is 16.2 Å².